The third kappa shape index (κ3) is 13.4. The van der Waals surface area contributed by atoms with Crippen molar-refractivity contribution < 1.29 is 12.4 Å². The molecule has 0 aliphatic rings. The summed E-state index contributed by atoms with van der Waals surface area (Å²) in [6.07, 6.45) is 22.9. The van der Waals surface area contributed by atoms with Crippen molar-refractivity contribution in [3.8, 4) is 0 Å². The van der Waals surface area contributed by atoms with E-state index in [0.717, 1.165) is 55.9 Å². The van der Waals surface area contributed by atoms with Gasteiger partial charge in [0, 0.05) is 0 Å². The van der Waals surface area contributed by atoms with Gasteiger partial charge in [-0.25, -0.2) is 0 Å². The summed E-state index contributed by atoms with van der Waals surface area (Å²) in [6, 6.07) is 9.63. The van der Waals surface area contributed by atoms with E-state index in [1.165, 1.54) is 77.0 Å². The van der Waals surface area contributed by atoms with Crippen LogP contribution in [0.5, 0.6) is 0 Å². The molecule has 0 radical (unpaired) electrons. The quantitative estimate of drug-likeness (QED) is 0.0964. The van der Waals surface area contributed by atoms with E-state index in [0.29, 0.717) is 0 Å². The molecule has 36 heavy (non-hydrogen) atoms. The van der Waals surface area contributed by atoms with E-state index in [1.54, 1.807) is 0 Å². The van der Waals surface area contributed by atoms with Gasteiger partial charge in [-0.1, -0.05) is 0 Å². The molecule has 0 spiro atoms. The van der Waals surface area contributed by atoms with Gasteiger partial charge in [-0.3, -0.25) is 0 Å². The zero-order valence-corrected chi connectivity index (χ0v) is 26.0. The SMILES string of the molecule is CCCCCCP(CCCCCC)(CCCCCC)(CCCCCC)OS(=O)(=O)Cc1ccccc1. The van der Waals surface area contributed by atoms with E-state index in [1.807, 2.05) is 30.3 Å². The molecule has 1 aromatic rings. The van der Waals surface area contributed by atoms with Crippen LogP contribution in [0.1, 0.15) is 136 Å². The Morgan fingerprint density at radius 3 is 1.25 bits per heavy atom. The molecule has 0 N–H and O–H groups in total. The van der Waals surface area contributed by atoms with Gasteiger partial charge in [0.25, 0.3) is 0 Å². The van der Waals surface area contributed by atoms with Crippen LogP contribution in [0.25, 0.3) is 0 Å². The minimum atomic E-state index is -3.66. The van der Waals surface area contributed by atoms with Gasteiger partial charge in [-0.15, -0.1) is 0 Å². The molecule has 0 heterocycles. The molecule has 0 fully saturated rings. The van der Waals surface area contributed by atoms with Gasteiger partial charge < -0.3 is 0 Å². The third-order valence-electron chi connectivity index (χ3n) is 7.82. The van der Waals surface area contributed by atoms with Gasteiger partial charge >= 0.3 is 226 Å². The van der Waals surface area contributed by atoms with Crippen LogP contribution in [0.3, 0.4) is 0 Å². The second-order valence-electron chi connectivity index (χ2n) is 11.3. The topological polar surface area (TPSA) is 43.4 Å². The molecule has 0 aromatic heterocycles. The Morgan fingerprint density at radius 1 is 0.556 bits per heavy atom. The van der Waals surface area contributed by atoms with Gasteiger partial charge in [0.15, 0.2) is 0 Å². The fourth-order valence-electron chi connectivity index (χ4n) is 5.70. The Balaban J connectivity index is 3.39. The Hall–Kier alpha value is -0.440. The summed E-state index contributed by atoms with van der Waals surface area (Å²) in [5, 5.41) is 0. The van der Waals surface area contributed by atoms with E-state index < -0.39 is 16.9 Å². The predicted molar refractivity (Wildman–Crippen MR) is 163 cm³/mol. The molecule has 0 aliphatic carbocycles. The third-order valence-corrected chi connectivity index (χ3v) is 16.9. The van der Waals surface area contributed by atoms with Crippen molar-refractivity contribution in [2.45, 2.75) is 136 Å². The van der Waals surface area contributed by atoms with Crippen molar-refractivity contribution in [3.05, 3.63) is 35.9 Å². The normalized spacial score (nSPS) is 13.5. The van der Waals surface area contributed by atoms with E-state index in [-0.39, 0.29) is 5.75 Å². The molecular formula is C31H59O3PS. The van der Waals surface area contributed by atoms with Crippen molar-refractivity contribution >= 4 is 16.9 Å². The Bertz CT molecular complexity index is 704. The van der Waals surface area contributed by atoms with E-state index >= 15 is 0 Å². The van der Waals surface area contributed by atoms with Crippen LogP contribution in [0.4, 0.5) is 0 Å². The zero-order valence-electron chi connectivity index (χ0n) is 24.3. The van der Waals surface area contributed by atoms with Gasteiger partial charge in [-0.2, -0.15) is 0 Å². The van der Waals surface area contributed by atoms with E-state index in [9.17, 15) is 8.42 Å². The van der Waals surface area contributed by atoms with Crippen molar-refractivity contribution in [2.75, 3.05) is 24.6 Å². The number of benzene rings is 1. The summed E-state index contributed by atoms with van der Waals surface area (Å²) >= 11 is 0. The summed E-state index contributed by atoms with van der Waals surface area (Å²) in [6.45, 7) is 6.07. The van der Waals surface area contributed by atoms with Gasteiger partial charge in [0.2, 0.25) is 0 Å². The molecule has 5 heteroatoms. The van der Waals surface area contributed by atoms with Crippen LogP contribution in [-0.2, 0) is 19.8 Å². The fraction of sp³-hybridized carbons (Fsp3) is 0.806. The molecule has 3 nitrogen and oxygen atoms in total. The zero-order chi connectivity index (χ0) is 26.6. The second kappa shape index (κ2) is 18.8. The monoisotopic (exact) mass is 542 g/mol. The first-order chi connectivity index (χ1) is 17.3. The van der Waals surface area contributed by atoms with Crippen LogP contribution in [0.15, 0.2) is 30.3 Å². The molecule has 1 aromatic carbocycles. The van der Waals surface area contributed by atoms with Crippen LogP contribution in [-0.4, -0.2) is 33.1 Å². The number of hydrogen-bond donors (Lipinski definition) is 0. The minimum absolute atomic E-state index is 0.000417. The first-order valence-electron chi connectivity index (χ1n) is 15.3. The van der Waals surface area contributed by atoms with Gasteiger partial charge in [0.1, 0.15) is 0 Å². The molecule has 0 aliphatic heterocycles. The molecule has 0 unspecified atom stereocenters. The molecule has 212 valence electrons. The van der Waals surface area contributed by atoms with Crippen molar-refractivity contribution in [3.63, 3.8) is 0 Å². The number of rotatable bonds is 24. The number of unbranched alkanes of at least 4 members (excludes halogenated alkanes) is 12. The van der Waals surface area contributed by atoms with E-state index in [4.69, 9.17) is 3.97 Å². The van der Waals surface area contributed by atoms with Crippen LogP contribution in [0, 0.1) is 0 Å². The van der Waals surface area contributed by atoms with E-state index in [2.05, 4.69) is 27.7 Å². The molecule has 0 saturated heterocycles. The van der Waals surface area contributed by atoms with Gasteiger partial charge in [0.05, 0.1) is 0 Å². The molecule has 1 rings (SSSR count). The molecule has 0 amide bonds. The Kier molecular flexibility index (Phi) is 17.5. The fourth-order valence-corrected chi connectivity index (χ4v) is 15.7. The maximum atomic E-state index is 13.8. The first kappa shape index (κ1) is 33.6. The summed E-state index contributed by atoms with van der Waals surface area (Å²) in [4.78, 5) is 0. The Morgan fingerprint density at radius 2 is 0.917 bits per heavy atom. The summed E-state index contributed by atoms with van der Waals surface area (Å²) in [5.41, 5.74) is 0.836. The van der Waals surface area contributed by atoms with Crippen molar-refractivity contribution in [1.29, 1.82) is 0 Å². The average Bonchev–Trinajstić information content (AvgIpc) is 2.86. The molecule has 0 bridgehead atoms. The summed E-state index contributed by atoms with van der Waals surface area (Å²) < 4.78 is 34.4. The van der Waals surface area contributed by atoms with Crippen LogP contribution < -0.4 is 0 Å². The average molecular weight is 543 g/mol. The molecule has 0 saturated carbocycles. The second-order valence-corrected chi connectivity index (χ2v) is 18.8. The summed E-state index contributed by atoms with van der Waals surface area (Å²) in [7, 11) is -3.66. The maximum absolute atomic E-state index is 13.8. The first-order valence-corrected chi connectivity index (χ1v) is 19.8. The van der Waals surface area contributed by atoms with Gasteiger partial charge in [-0.05, 0) is 0 Å². The standard InChI is InChI=1S/C31H59O3PS/c1-5-9-13-20-26-35(27-21-14-10-6-2,28-22-15-11-7-3,29-23-16-12-8-4)34-36(32,33)30-31-24-18-17-19-25-31/h17-19,24-25H,5-16,20-23,26-30H2,1-4H3. The Labute approximate surface area is 225 Å². The molecular weight excluding hydrogens is 483 g/mol. The van der Waals surface area contributed by atoms with Crippen molar-refractivity contribution in [1.82, 2.24) is 0 Å². The summed E-state index contributed by atoms with van der Waals surface area (Å²) in [5.74, 6) is -0.000417. The predicted octanol–water partition coefficient (Wildman–Crippen LogP) is 10.3. The van der Waals surface area contributed by atoms with Crippen molar-refractivity contribution in [2.24, 2.45) is 0 Å². The molecule has 0 atom stereocenters. The van der Waals surface area contributed by atoms with Crippen LogP contribution >= 0.6 is 6.83 Å². The van der Waals surface area contributed by atoms with Crippen LogP contribution in [0.2, 0.25) is 0 Å². The number of hydrogen-bond acceptors (Lipinski definition) is 3.